The van der Waals surface area contributed by atoms with E-state index < -0.39 is 0 Å². The summed E-state index contributed by atoms with van der Waals surface area (Å²) < 4.78 is 5.45. The Bertz CT molecular complexity index is 487. The number of hydrogen-bond donors (Lipinski definition) is 2. The molecule has 2 N–H and O–H groups in total. The summed E-state index contributed by atoms with van der Waals surface area (Å²) in [5.74, 6) is 0.813. The fourth-order valence-corrected chi connectivity index (χ4v) is 3.01. The van der Waals surface area contributed by atoms with Crippen LogP contribution in [0.2, 0.25) is 5.02 Å². The lowest BCUT2D eigenvalue weighted by atomic mass is 9.97. The van der Waals surface area contributed by atoms with Crippen LogP contribution in [0.1, 0.15) is 24.4 Å². The zero-order valence-electron chi connectivity index (χ0n) is 12.4. The van der Waals surface area contributed by atoms with Crippen molar-refractivity contribution in [1.82, 2.24) is 10.2 Å². The molecule has 5 heteroatoms. The molecule has 2 rings (SSSR count). The van der Waals surface area contributed by atoms with Gasteiger partial charge in [-0.1, -0.05) is 17.7 Å². The number of halogens is 1. The number of ether oxygens (including phenoxy) is 1. The lowest BCUT2D eigenvalue weighted by molar-refractivity contribution is 0.160. The molecule has 21 heavy (non-hydrogen) atoms. The number of benzene rings is 1. The van der Waals surface area contributed by atoms with Gasteiger partial charge < -0.3 is 15.2 Å². The van der Waals surface area contributed by atoms with Crippen LogP contribution in [0.4, 0.5) is 0 Å². The van der Waals surface area contributed by atoms with E-state index in [2.05, 4.69) is 16.8 Å². The summed E-state index contributed by atoms with van der Waals surface area (Å²) in [4.78, 5) is 2.37. The van der Waals surface area contributed by atoms with Crippen LogP contribution in [0.3, 0.4) is 0 Å². The maximum atomic E-state index is 10.4. The first kappa shape index (κ1) is 16.1. The molecule has 0 aromatic heterocycles. The highest BCUT2D eigenvalue weighted by molar-refractivity contribution is 6.32. The highest BCUT2D eigenvalue weighted by Gasteiger charge is 2.28. The second kappa shape index (κ2) is 7.69. The van der Waals surface area contributed by atoms with Crippen LogP contribution in [0.5, 0.6) is 11.5 Å². The van der Waals surface area contributed by atoms with Gasteiger partial charge in [0.05, 0.1) is 17.7 Å². The molecule has 1 aromatic rings. The third-order valence-corrected chi connectivity index (χ3v) is 4.22. The van der Waals surface area contributed by atoms with Crippen molar-refractivity contribution in [1.29, 1.82) is 0 Å². The van der Waals surface area contributed by atoms with Crippen molar-refractivity contribution in [3.63, 3.8) is 0 Å². The van der Waals surface area contributed by atoms with Gasteiger partial charge in [0.25, 0.3) is 0 Å². The topological polar surface area (TPSA) is 44.7 Å². The lowest BCUT2D eigenvalue weighted by Crippen LogP contribution is -2.45. The van der Waals surface area contributed by atoms with Gasteiger partial charge in [-0.2, -0.15) is 0 Å². The van der Waals surface area contributed by atoms with Crippen molar-refractivity contribution in [2.24, 2.45) is 0 Å². The molecule has 0 amide bonds. The quantitative estimate of drug-likeness (QED) is 0.793. The van der Waals surface area contributed by atoms with Crippen LogP contribution in [0, 0.1) is 0 Å². The van der Waals surface area contributed by atoms with E-state index in [1.54, 1.807) is 13.2 Å². The molecule has 0 bridgehead atoms. The van der Waals surface area contributed by atoms with Gasteiger partial charge in [0.15, 0.2) is 0 Å². The summed E-state index contributed by atoms with van der Waals surface area (Å²) >= 11 is 6.10. The second-order valence-corrected chi connectivity index (χ2v) is 5.59. The third-order valence-electron chi connectivity index (χ3n) is 3.92. The largest absolute Gasteiger partial charge is 0.506 e. The standard InChI is InChI=1S/C16H23ClN2O2/c1-3-4-5-13(19-10-8-18-9-11-19)15-14(21-2)7-6-12(17)16(15)20/h3,6-7,13,18,20H,1,4-5,8-11H2,2H3/t13-/m0/s1. The van der Waals surface area contributed by atoms with Gasteiger partial charge in [0, 0.05) is 32.2 Å². The molecule has 4 nitrogen and oxygen atoms in total. The smallest absolute Gasteiger partial charge is 0.142 e. The Labute approximate surface area is 131 Å². The number of hydrogen-bond acceptors (Lipinski definition) is 4. The third kappa shape index (κ3) is 3.70. The number of nitrogens with one attached hydrogen (secondary N) is 1. The molecule has 0 spiro atoms. The van der Waals surface area contributed by atoms with Crippen molar-refractivity contribution in [2.75, 3.05) is 33.3 Å². The lowest BCUT2D eigenvalue weighted by Gasteiger charge is -2.36. The molecule has 1 aliphatic heterocycles. The SMILES string of the molecule is C=CCC[C@@H](c1c(OC)ccc(Cl)c1O)N1CCNCC1. The van der Waals surface area contributed by atoms with Crippen molar-refractivity contribution in [3.05, 3.63) is 35.4 Å². The van der Waals surface area contributed by atoms with Crippen LogP contribution >= 0.6 is 11.6 Å². The predicted molar refractivity (Wildman–Crippen MR) is 86.3 cm³/mol. The summed E-state index contributed by atoms with van der Waals surface area (Å²) in [7, 11) is 1.62. The van der Waals surface area contributed by atoms with Crippen molar-refractivity contribution >= 4 is 11.6 Å². The summed E-state index contributed by atoms with van der Waals surface area (Å²) in [5.41, 5.74) is 0.786. The minimum absolute atomic E-state index is 0.0822. The summed E-state index contributed by atoms with van der Waals surface area (Å²) in [6, 6.07) is 3.57. The van der Waals surface area contributed by atoms with Gasteiger partial charge in [-0.3, -0.25) is 4.90 Å². The molecular weight excluding hydrogens is 288 g/mol. The zero-order chi connectivity index (χ0) is 15.2. The molecule has 1 aromatic carbocycles. The minimum Gasteiger partial charge on any atom is -0.506 e. The number of rotatable bonds is 6. The van der Waals surface area contributed by atoms with E-state index in [1.807, 2.05) is 12.1 Å². The van der Waals surface area contributed by atoms with Crippen LogP contribution in [0.25, 0.3) is 0 Å². The van der Waals surface area contributed by atoms with Gasteiger partial charge in [-0.25, -0.2) is 0 Å². The fraction of sp³-hybridized carbons (Fsp3) is 0.500. The van der Waals surface area contributed by atoms with E-state index in [0.29, 0.717) is 10.8 Å². The first-order chi connectivity index (χ1) is 10.2. The average molecular weight is 311 g/mol. The molecule has 1 fully saturated rings. The Kier molecular flexibility index (Phi) is 5.91. The van der Waals surface area contributed by atoms with E-state index in [-0.39, 0.29) is 11.8 Å². The molecule has 0 saturated carbocycles. The molecule has 1 heterocycles. The molecule has 116 valence electrons. The van der Waals surface area contributed by atoms with E-state index in [0.717, 1.165) is 44.6 Å². The number of phenols is 1. The highest BCUT2D eigenvalue weighted by atomic mass is 35.5. The van der Waals surface area contributed by atoms with Gasteiger partial charge in [-0.15, -0.1) is 6.58 Å². The second-order valence-electron chi connectivity index (χ2n) is 5.18. The zero-order valence-corrected chi connectivity index (χ0v) is 13.2. The predicted octanol–water partition coefficient (Wildman–Crippen LogP) is 2.97. The molecule has 1 atom stereocenters. The van der Waals surface area contributed by atoms with Crippen LogP contribution in [-0.4, -0.2) is 43.3 Å². The first-order valence-electron chi connectivity index (χ1n) is 7.30. The maximum absolute atomic E-state index is 10.4. The number of nitrogens with zero attached hydrogens (tertiary/aromatic N) is 1. The van der Waals surface area contributed by atoms with Gasteiger partial charge in [0.1, 0.15) is 11.5 Å². The molecule has 0 radical (unpaired) electrons. The van der Waals surface area contributed by atoms with Gasteiger partial charge in [0.2, 0.25) is 0 Å². The Balaban J connectivity index is 2.39. The summed E-state index contributed by atoms with van der Waals surface area (Å²) in [6.07, 6.45) is 3.67. The number of piperazine rings is 1. The Morgan fingerprint density at radius 1 is 1.48 bits per heavy atom. The van der Waals surface area contributed by atoms with Crippen LogP contribution in [-0.2, 0) is 0 Å². The van der Waals surface area contributed by atoms with Crippen molar-refractivity contribution in [2.45, 2.75) is 18.9 Å². The number of methoxy groups -OCH3 is 1. The number of phenolic OH excluding ortho intramolecular Hbond substituents is 1. The Morgan fingerprint density at radius 2 is 2.19 bits per heavy atom. The normalized spacial score (nSPS) is 17.4. The molecule has 0 unspecified atom stereocenters. The monoisotopic (exact) mass is 310 g/mol. The fourth-order valence-electron chi connectivity index (χ4n) is 2.84. The van der Waals surface area contributed by atoms with Gasteiger partial charge >= 0.3 is 0 Å². The van der Waals surface area contributed by atoms with E-state index in [4.69, 9.17) is 16.3 Å². The van der Waals surface area contributed by atoms with Crippen molar-refractivity contribution < 1.29 is 9.84 Å². The summed E-state index contributed by atoms with van der Waals surface area (Å²) in [6.45, 7) is 7.59. The number of aromatic hydroxyl groups is 1. The van der Waals surface area contributed by atoms with Crippen molar-refractivity contribution in [3.8, 4) is 11.5 Å². The minimum atomic E-state index is 0.0822. The van der Waals surface area contributed by atoms with E-state index in [1.165, 1.54) is 0 Å². The van der Waals surface area contributed by atoms with Gasteiger partial charge in [-0.05, 0) is 25.0 Å². The highest BCUT2D eigenvalue weighted by Crippen LogP contribution is 2.42. The first-order valence-corrected chi connectivity index (χ1v) is 7.67. The van der Waals surface area contributed by atoms with E-state index >= 15 is 0 Å². The average Bonchev–Trinajstić information content (AvgIpc) is 2.52. The van der Waals surface area contributed by atoms with E-state index in [9.17, 15) is 5.11 Å². The molecule has 1 aliphatic rings. The molecule has 0 aliphatic carbocycles. The number of allylic oxidation sites excluding steroid dienone is 1. The summed E-state index contributed by atoms with van der Waals surface area (Å²) in [5, 5.41) is 14.1. The Hall–Kier alpha value is -1.23. The van der Waals surface area contributed by atoms with Crippen LogP contribution in [0.15, 0.2) is 24.8 Å². The van der Waals surface area contributed by atoms with Crippen LogP contribution < -0.4 is 10.1 Å². The molecule has 1 saturated heterocycles. The maximum Gasteiger partial charge on any atom is 0.142 e. The molecular formula is C16H23ClN2O2. The Morgan fingerprint density at radius 3 is 2.81 bits per heavy atom.